The lowest BCUT2D eigenvalue weighted by Crippen LogP contribution is -1.95. The molecule has 3 nitrogen and oxygen atoms in total. The topological polar surface area (TPSA) is 60.7 Å². The van der Waals surface area contributed by atoms with E-state index >= 15 is 0 Å². The smallest absolute Gasteiger partial charge is 0.163 e. The lowest BCUT2D eigenvalue weighted by Gasteiger charge is -2.12. The van der Waals surface area contributed by atoms with E-state index in [1.54, 1.807) is 19.9 Å². The average Bonchev–Trinajstić information content (AvgIpc) is 2.07. The Balaban J connectivity index is 3.41. The van der Waals surface area contributed by atoms with Crippen LogP contribution in [-0.4, -0.2) is 15.3 Å². The molecule has 0 aromatic heterocycles. The van der Waals surface area contributed by atoms with Crippen LogP contribution < -0.4 is 0 Å². The quantitative estimate of drug-likeness (QED) is 0.580. The monoisotopic (exact) mass is 182 g/mol. The van der Waals surface area contributed by atoms with E-state index in [1.165, 1.54) is 0 Å². The number of hydrogen-bond donors (Lipinski definition) is 3. The number of aromatic hydroxyl groups is 2. The average molecular weight is 182 g/mol. The molecule has 0 aliphatic heterocycles. The highest BCUT2D eigenvalue weighted by molar-refractivity contribution is 5.53. The number of hydrogen-bond acceptors (Lipinski definition) is 3. The minimum Gasteiger partial charge on any atom is -0.504 e. The number of rotatable bonds is 1. The maximum Gasteiger partial charge on any atom is 0.163 e. The molecule has 0 heterocycles. The molecule has 72 valence electrons. The summed E-state index contributed by atoms with van der Waals surface area (Å²) in [5.74, 6) is -0.367. The van der Waals surface area contributed by atoms with Crippen molar-refractivity contribution in [3.8, 4) is 11.5 Å². The third-order valence-corrected chi connectivity index (χ3v) is 2.27. The van der Waals surface area contributed by atoms with Gasteiger partial charge in [-0.25, -0.2) is 0 Å². The van der Waals surface area contributed by atoms with Gasteiger partial charge < -0.3 is 15.3 Å². The first-order chi connectivity index (χ1) is 5.95. The van der Waals surface area contributed by atoms with E-state index in [-0.39, 0.29) is 11.5 Å². The molecule has 1 aromatic rings. The van der Waals surface area contributed by atoms with Crippen LogP contribution in [0.25, 0.3) is 0 Å². The molecule has 0 aliphatic carbocycles. The van der Waals surface area contributed by atoms with E-state index in [9.17, 15) is 15.3 Å². The van der Waals surface area contributed by atoms with Crippen LogP contribution in [0.5, 0.6) is 11.5 Å². The van der Waals surface area contributed by atoms with Crippen LogP contribution in [0.3, 0.4) is 0 Å². The lowest BCUT2D eigenvalue weighted by molar-refractivity contribution is 0.193. The van der Waals surface area contributed by atoms with Gasteiger partial charge in [0.1, 0.15) is 0 Å². The van der Waals surface area contributed by atoms with E-state index in [4.69, 9.17) is 0 Å². The third-order valence-electron chi connectivity index (χ3n) is 2.27. The molecule has 1 aromatic carbocycles. The van der Waals surface area contributed by atoms with Gasteiger partial charge in [0.2, 0.25) is 0 Å². The van der Waals surface area contributed by atoms with Gasteiger partial charge in [-0.2, -0.15) is 0 Å². The molecule has 13 heavy (non-hydrogen) atoms. The number of phenolic OH excluding ortho intramolecular Hbond substituents is 2. The molecule has 1 rings (SSSR count). The Bertz CT molecular complexity index is 329. The van der Waals surface area contributed by atoms with Crippen molar-refractivity contribution < 1.29 is 15.3 Å². The van der Waals surface area contributed by atoms with Crippen molar-refractivity contribution in [2.75, 3.05) is 0 Å². The Labute approximate surface area is 77.3 Å². The Morgan fingerprint density at radius 1 is 1.15 bits per heavy atom. The van der Waals surface area contributed by atoms with Crippen LogP contribution in [0.15, 0.2) is 6.07 Å². The Morgan fingerprint density at radius 2 is 1.69 bits per heavy atom. The lowest BCUT2D eigenvalue weighted by atomic mass is 10.0. The first-order valence-electron chi connectivity index (χ1n) is 4.15. The van der Waals surface area contributed by atoms with Gasteiger partial charge in [0, 0.05) is 5.56 Å². The Morgan fingerprint density at radius 3 is 2.15 bits per heavy atom. The van der Waals surface area contributed by atoms with Gasteiger partial charge in [0.15, 0.2) is 11.5 Å². The molecular weight excluding hydrogens is 168 g/mol. The summed E-state index contributed by atoms with van der Waals surface area (Å²) < 4.78 is 0. The highest BCUT2D eigenvalue weighted by Gasteiger charge is 2.14. The number of benzene rings is 1. The molecule has 0 fully saturated rings. The zero-order chi connectivity index (χ0) is 10.2. The fourth-order valence-corrected chi connectivity index (χ4v) is 1.23. The molecule has 0 amide bonds. The molecular formula is C10H14O3. The van der Waals surface area contributed by atoms with Crippen LogP contribution in [0.1, 0.15) is 29.7 Å². The van der Waals surface area contributed by atoms with Gasteiger partial charge in [0.25, 0.3) is 0 Å². The summed E-state index contributed by atoms with van der Waals surface area (Å²) in [6, 6.07) is 1.68. The minimum absolute atomic E-state index is 0.143. The largest absolute Gasteiger partial charge is 0.504 e. The molecule has 1 unspecified atom stereocenters. The van der Waals surface area contributed by atoms with Gasteiger partial charge in [-0.05, 0) is 38.0 Å². The van der Waals surface area contributed by atoms with E-state index < -0.39 is 6.10 Å². The molecule has 1 atom stereocenters. The number of phenols is 2. The maximum absolute atomic E-state index is 9.46. The molecule has 0 spiro atoms. The second-order valence-corrected chi connectivity index (χ2v) is 3.28. The van der Waals surface area contributed by atoms with Gasteiger partial charge in [-0.1, -0.05) is 0 Å². The van der Waals surface area contributed by atoms with Crippen molar-refractivity contribution in [1.82, 2.24) is 0 Å². The molecule has 0 saturated carbocycles. The number of aryl methyl sites for hydroxylation is 1. The molecule has 3 N–H and O–H groups in total. The summed E-state index contributed by atoms with van der Waals surface area (Å²) in [4.78, 5) is 0. The predicted molar refractivity (Wildman–Crippen MR) is 49.9 cm³/mol. The maximum atomic E-state index is 9.46. The van der Waals surface area contributed by atoms with Gasteiger partial charge in [0.05, 0.1) is 6.10 Å². The normalized spacial score (nSPS) is 12.9. The summed E-state index contributed by atoms with van der Waals surface area (Å²) in [5, 5.41) is 28.2. The minimum atomic E-state index is -0.773. The van der Waals surface area contributed by atoms with Crippen molar-refractivity contribution in [3.63, 3.8) is 0 Å². The van der Waals surface area contributed by atoms with Crippen molar-refractivity contribution in [2.24, 2.45) is 0 Å². The molecule has 0 bridgehead atoms. The predicted octanol–water partition coefficient (Wildman–Crippen LogP) is 1.77. The molecule has 3 heteroatoms. The van der Waals surface area contributed by atoms with Crippen LogP contribution in [-0.2, 0) is 0 Å². The zero-order valence-corrected chi connectivity index (χ0v) is 8.00. The van der Waals surface area contributed by atoms with E-state index in [2.05, 4.69) is 0 Å². The van der Waals surface area contributed by atoms with Crippen molar-refractivity contribution in [1.29, 1.82) is 0 Å². The van der Waals surface area contributed by atoms with Crippen molar-refractivity contribution in [3.05, 3.63) is 22.8 Å². The third kappa shape index (κ3) is 1.60. The molecule has 0 saturated heterocycles. The van der Waals surface area contributed by atoms with E-state index in [0.717, 1.165) is 5.56 Å². The van der Waals surface area contributed by atoms with Gasteiger partial charge in [-0.3, -0.25) is 0 Å². The second-order valence-electron chi connectivity index (χ2n) is 3.28. The van der Waals surface area contributed by atoms with Gasteiger partial charge in [-0.15, -0.1) is 0 Å². The van der Waals surface area contributed by atoms with E-state index in [1.807, 2.05) is 6.92 Å². The number of aliphatic hydroxyl groups excluding tert-OH is 1. The Hall–Kier alpha value is -1.22. The SMILES string of the molecule is Cc1cc(C(C)O)c(O)c(O)c1C. The zero-order valence-electron chi connectivity index (χ0n) is 8.00. The summed E-state index contributed by atoms with van der Waals surface area (Å²) in [6.45, 7) is 5.08. The van der Waals surface area contributed by atoms with Crippen LogP contribution in [0, 0.1) is 13.8 Å². The van der Waals surface area contributed by atoms with Crippen molar-refractivity contribution in [2.45, 2.75) is 26.9 Å². The first-order valence-corrected chi connectivity index (χ1v) is 4.15. The fraction of sp³-hybridized carbons (Fsp3) is 0.400. The summed E-state index contributed by atoms with van der Waals surface area (Å²) >= 11 is 0. The van der Waals surface area contributed by atoms with Crippen LogP contribution in [0.4, 0.5) is 0 Å². The molecule has 0 radical (unpaired) electrons. The highest BCUT2D eigenvalue weighted by Crippen LogP contribution is 2.37. The summed E-state index contributed by atoms with van der Waals surface area (Å²) in [6.07, 6.45) is -0.773. The standard InChI is InChI=1S/C10H14O3/c1-5-4-8(7(3)11)10(13)9(12)6(5)2/h4,7,11-13H,1-3H3. The van der Waals surface area contributed by atoms with Crippen LogP contribution >= 0.6 is 0 Å². The second kappa shape index (κ2) is 3.26. The fourth-order valence-electron chi connectivity index (χ4n) is 1.23. The van der Waals surface area contributed by atoms with Crippen LogP contribution in [0.2, 0.25) is 0 Å². The molecule has 0 aliphatic rings. The van der Waals surface area contributed by atoms with E-state index in [0.29, 0.717) is 11.1 Å². The Kier molecular flexibility index (Phi) is 2.48. The van der Waals surface area contributed by atoms with Gasteiger partial charge >= 0.3 is 0 Å². The summed E-state index contributed by atoms with van der Waals surface area (Å²) in [5.41, 5.74) is 1.86. The summed E-state index contributed by atoms with van der Waals surface area (Å²) in [7, 11) is 0. The highest BCUT2D eigenvalue weighted by atomic mass is 16.3. The van der Waals surface area contributed by atoms with Crippen molar-refractivity contribution >= 4 is 0 Å². The first kappa shape index (κ1) is 9.86. The number of aliphatic hydroxyl groups is 1.